The maximum absolute atomic E-state index is 12.9. The van der Waals surface area contributed by atoms with Gasteiger partial charge in [-0.05, 0) is 51.8 Å². The number of amides is 1. The van der Waals surface area contributed by atoms with Crippen molar-refractivity contribution < 1.29 is 9.53 Å². The number of methoxy groups -OCH3 is 1. The average molecular weight is 360 g/mol. The van der Waals surface area contributed by atoms with Crippen molar-refractivity contribution in [1.82, 2.24) is 10.2 Å². The zero-order valence-electron chi connectivity index (χ0n) is 16.2. The fourth-order valence-corrected chi connectivity index (χ4v) is 4.54. The van der Waals surface area contributed by atoms with Crippen LogP contribution in [0.25, 0.3) is 0 Å². The molecular formula is C21H33N3O2. The number of nitrogens with one attached hydrogen (secondary N) is 1. The molecule has 3 rings (SSSR count). The van der Waals surface area contributed by atoms with Gasteiger partial charge >= 0.3 is 0 Å². The molecule has 1 saturated carbocycles. The van der Waals surface area contributed by atoms with Gasteiger partial charge in [-0.2, -0.15) is 0 Å². The Morgan fingerprint density at radius 1 is 1.31 bits per heavy atom. The summed E-state index contributed by atoms with van der Waals surface area (Å²) in [4.78, 5) is 15.3. The quantitative estimate of drug-likeness (QED) is 0.820. The molecule has 1 saturated heterocycles. The Morgan fingerprint density at radius 3 is 2.73 bits per heavy atom. The predicted molar refractivity (Wildman–Crippen MR) is 104 cm³/mol. The molecule has 1 aliphatic carbocycles. The number of carbonyl (C=O) groups excluding carboxylic acids is 1. The van der Waals surface area contributed by atoms with E-state index in [0.29, 0.717) is 6.54 Å². The topological polar surface area (TPSA) is 67.6 Å². The van der Waals surface area contributed by atoms with Crippen molar-refractivity contribution in [1.29, 1.82) is 0 Å². The fraction of sp³-hybridized carbons (Fsp3) is 0.667. The molecule has 0 bridgehead atoms. The molecule has 3 N–H and O–H groups in total. The summed E-state index contributed by atoms with van der Waals surface area (Å²) >= 11 is 0. The molecule has 1 aromatic rings. The molecule has 2 aliphatic rings. The standard InChI is InChI=1S/C21H33N3O2/c1-21(22)12-6-5-10-17(21)20(25)23-15-18(24-13-7-8-14-24)16-9-3-4-11-19(16)26-2/h3-4,9,11,17-18H,5-8,10,12-15,22H2,1-2H3,(H,23,25). The maximum atomic E-state index is 12.9. The van der Waals surface area contributed by atoms with Crippen LogP contribution in [0.5, 0.6) is 5.75 Å². The van der Waals surface area contributed by atoms with Gasteiger partial charge in [-0.3, -0.25) is 9.69 Å². The van der Waals surface area contributed by atoms with Crippen molar-refractivity contribution >= 4 is 5.91 Å². The van der Waals surface area contributed by atoms with Crippen LogP contribution in [0.15, 0.2) is 24.3 Å². The molecular weight excluding hydrogens is 326 g/mol. The summed E-state index contributed by atoms with van der Waals surface area (Å²) in [5, 5.41) is 3.22. The van der Waals surface area contributed by atoms with Crippen molar-refractivity contribution in [3.05, 3.63) is 29.8 Å². The Balaban J connectivity index is 1.73. The highest BCUT2D eigenvalue weighted by Crippen LogP contribution is 2.33. The lowest BCUT2D eigenvalue weighted by Crippen LogP contribution is -2.53. The molecule has 3 unspecified atom stereocenters. The molecule has 1 aliphatic heterocycles. The molecule has 1 heterocycles. The highest BCUT2D eigenvalue weighted by Gasteiger charge is 2.38. The maximum Gasteiger partial charge on any atom is 0.225 e. The number of ether oxygens (including phenoxy) is 1. The number of nitrogens with two attached hydrogens (primary N) is 1. The molecule has 26 heavy (non-hydrogen) atoms. The van der Waals surface area contributed by atoms with Gasteiger partial charge in [-0.25, -0.2) is 0 Å². The Bertz CT molecular complexity index is 611. The summed E-state index contributed by atoms with van der Waals surface area (Å²) in [5.41, 5.74) is 7.17. The van der Waals surface area contributed by atoms with E-state index in [1.165, 1.54) is 12.8 Å². The van der Waals surface area contributed by atoms with Gasteiger partial charge in [0.2, 0.25) is 5.91 Å². The Labute approximate surface area is 157 Å². The molecule has 5 heteroatoms. The van der Waals surface area contributed by atoms with Crippen LogP contribution in [0.1, 0.15) is 57.1 Å². The number of carbonyl (C=O) groups is 1. The van der Waals surface area contributed by atoms with Crippen LogP contribution in [0.2, 0.25) is 0 Å². The first-order valence-corrected chi connectivity index (χ1v) is 9.96. The Kier molecular flexibility index (Phi) is 6.20. The van der Waals surface area contributed by atoms with Gasteiger partial charge in [0.05, 0.1) is 19.1 Å². The molecule has 0 aromatic heterocycles. The van der Waals surface area contributed by atoms with Gasteiger partial charge in [0.25, 0.3) is 0 Å². The first-order valence-electron chi connectivity index (χ1n) is 9.96. The van der Waals surface area contributed by atoms with E-state index in [1.54, 1.807) is 7.11 Å². The van der Waals surface area contributed by atoms with Gasteiger partial charge in [0.1, 0.15) is 5.75 Å². The van der Waals surface area contributed by atoms with E-state index in [2.05, 4.69) is 16.3 Å². The van der Waals surface area contributed by atoms with Gasteiger partial charge in [0.15, 0.2) is 0 Å². The Hall–Kier alpha value is -1.59. The summed E-state index contributed by atoms with van der Waals surface area (Å²) in [6, 6.07) is 8.29. The van der Waals surface area contributed by atoms with Crippen molar-refractivity contribution in [2.75, 3.05) is 26.7 Å². The van der Waals surface area contributed by atoms with Crippen LogP contribution >= 0.6 is 0 Å². The minimum atomic E-state index is -0.393. The van der Waals surface area contributed by atoms with Gasteiger partial charge in [-0.15, -0.1) is 0 Å². The number of hydrogen-bond acceptors (Lipinski definition) is 4. The number of hydrogen-bond donors (Lipinski definition) is 2. The predicted octanol–water partition coefficient (Wildman–Crippen LogP) is 2.86. The van der Waals surface area contributed by atoms with Crippen molar-refractivity contribution in [3.63, 3.8) is 0 Å². The third kappa shape index (κ3) is 4.21. The average Bonchev–Trinajstić information content (AvgIpc) is 3.16. The largest absolute Gasteiger partial charge is 0.496 e. The minimum absolute atomic E-state index is 0.0897. The Morgan fingerprint density at radius 2 is 2.04 bits per heavy atom. The summed E-state index contributed by atoms with van der Waals surface area (Å²) in [5.74, 6) is 0.905. The molecule has 144 valence electrons. The van der Waals surface area contributed by atoms with Crippen LogP contribution in [0.4, 0.5) is 0 Å². The smallest absolute Gasteiger partial charge is 0.225 e. The van der Waals surface area contributed by atoms with Crippen molar-refractivity contribution in [2.45, 2.75) is 57.0 Å². The normalized spacial score (nSPS) is 27.9. The lowest BCUT2D eigenvalue weighted by molar-refractivity contribution is -0.128. The third-order valence-corrected chi connectivity index (χ3v) is 6.12. The molecule has 3 atom stereocenters. The first kappa shape index (κ1) is 19.2. The zero-order chi connectivity index (χ0) is 18.6. The zero-order valence-corrected chi connectivity index (χ0v) is 16.2. The first-order chi connectivity index (χ1) is 12.5. The van der Waals surface area contributed by atoms with Crippen molar-refractivity contribution in [3.8, 4) is 5.75 Å². The molecule has 1 amide bonds. The van der Waals surface area contributed by atoms with E-state index < -0.39 is 5.54 Å². The minimum Gasteiger partial charge on any atom is -0.496 e. The van der Waals surface area contributed by atoms with Crippen LogP contribution in [0, 0.1) is 5.92 Å². The van der Waals surface area contributed by atoms with E-state index in [1.807, 2.05) is 25.1 Å². The van der Waals surface area contributed by atoms with Crippen molar-refractivity contribution in [2.24, 2.45) is 11.7 Å². The highest BCUT2D eigenvalue weighted by molar-refractivity contribution is 5.80. The molecule has 0 spiro atoms. The van der Waals surface area contributed by atoms with Crippen LogP contribution < -0.4 is 15.8 Å². The summed E-state index contributed by atoms with van der Waals surface area (Å²) in [6.07, 6.45) is 6.45. The number of para-hydroxylation sites is 1. The molecule has 1 aromatic carbocycles. The van der Waals surface area contributed by atoms with Gasteiger partial charge in [-0.1, -0.05) is 31.0 Å². The molecule has 0 radical (unpaired) electrons. The summed E-state index contributed by atoms with van der Waals surface area (Å²) in [6.45, 7) is 4.76. The van der Waals surface area contributed by atoms with E-state index in [9.17, 15) is 4.79 Å². The molecule has 2 fully saturated rings. The monoisotopic (exact) mass is 359 g/mol. The second-order valence-electron chi connectivity index (χ2n) is 8.05. The third-order valence-electron chi connectivity index (χ3n) is 6.12. The van der Waals surface area contributed by atoms with Crippen LogP contribution in [-0.2, 0) is 4.79 Å². The number of nitrogens with zero attached hydrogens (tertiary/aromatic N) is 1. The summed E-state index contributed by atoms with van der Waals surface area (Å²) < 4.78 is 5.58. The number of benzene rings is 1. The van der Waals surface area contributed by atoms with E-state index in [0.717, 1.165) is 50.1 Å². The number of rotatable bonds is 6. The second-order valence-corrected chi connectivity index (χ2v) is 8.05. The van der Waals surface area contributed by atoms with Crippen LogP contribution in [-0.4, -0.2) is 43.1 Å². The SMILES string of the molecule is COc1ccccc1C(CNC(=O)C1CCCCC1(C)N)N1CCCC1. The van der Waals surface area contributed by atoms with E-state index >= 15 is 0 Å². The highest BCUT2D eigenvalue weighted by atomic mass is 16.5. The lowest BCUT2D eigenvalue weighted by Gasteiger charge is -2.38. The van der Waals surface area contributed by atoms with Gasteiger partial charge < -0.3 is 15.8 Å². The second kappa shape index (κ2) is 8.40. The fourth-order valence-electron chi connectivity index (χ4n) is 4.54. The lowest BCUT2D eigenvalue weighted by atomic mass is 9.74. The summed E-state index contributed by atoms with van der Waals surface area (Å²) in [7, 11) is 1.71. The van der Waals surface area contributed by atoms with Gasteiger partial charge in [0, 0.05) is 17.6 Å². The number of likely N-dealkylation sites (tertiary alicyclic amines) is 1. The van der Waals surface area contributed by atoms with E-state index in [-0.39, 0.29) is 17.9 Å². The molecule has 5 nitrogen and oxygen atoms in total. The van der Waals surface area contributed by atoms with Crippen LogP contribution in [0.3, 0.4) is 0 Å². The van der Waals surface area contributed by atoms with E-state index in [4.69, 9.17) is 10.5 Å².